The van der Waals surface area contributed by atoms with Gasteiger partial charge in [-0.1, -0.05) is 0 Å². The molecular weight excluding hydrogens is 204 g/mol. The Labute approximate surface area is 82.5 Å². The minimum atomic E-state index is -3.46. The van der Waals surface area contributed by atoms with E-state index in [1.54, 1.807) is 0 Å². The minimum absolute atomic E-state index is 0.216. The van der Waals surface area contributed by atoms with Gasteiger partial charge in [-0.3, -0.25) is 0 Å². The van der Waals surface area contributed by atoms with Crippen LogP contribution in [0.2, 0.25) is 0 Å². The molecule has 0 unspecified atom stereocenters. The van der Waals surface area contributed by atoms with E-state index in [9.17, 15) is 8.42 Å². The van der Waals surface area contributed by atoms with Crippen LogP contribution in [0, 0.1) is 0 Å². The van der Waals surface area contributed by atoms with Crippen LogP contribution in [0.1, 0.15) is 12.8 Å². The van der Waals surface area contributed by atoms with Gasteiger partial charge in [-0.25, -0.2) is 0 Å². The van der Waals surface area contributed by atoms with E-state index in [0.717, 1.165) is 16.9 Å². The van der Waals surface area contributed by atoms with Gasteiger partial charge in [0.15, 0.2) is 0 Å². The van der Waals surface area contributed by atoms with E-state index in [2.05, 4.69) is 5.10 Å². The molecule has 14 heavy (non-hydrogen) atoms. The molecule has 0 aromatic carbocycles. The lowest BCUT2D eigenvalue weighted by Crippen LogP contribution is -2.33. The Morgan fingerprint density at radius 3 is 2.50 bits per heavy atom. The van der Waals surface area contributed by atoms with Gasteiger partial charge >= 0.3 is 10.2 Å². The summed E-state index contributed by atoms with van der Waals surface area (Å²) in [7, 11) is -3.46. The van der Waals surface area contributed by atoms with Crippen molar-refractivity contribution in [2.75, 3.05) is 18.8 Å². The van der Waals surface area contributed by atoms with Crippen molar-refractivity contribution in [3.05, 3.63) is 12.3 Å². The van der Waals surface area contributed by atoms with Gasteiger partial charge in [0.2, 0.25) is 0 Å². The Hall–Kier alpha value is -1.08. The van der Waals surface area contributed by atoms with Crippen LogP contribution in [-0.4, -0.2) is 35.0 Å². The molecule has 78 valence electrons. The fourth-order valence-electron chi connectivity index (χ4n) is 1.49. The van der Waals surface area contributed by atoms with E-state index in [-0.39, 0.29) is 5.82 Å². The van der Waals surface area contributed by atoms with Crippen LogP contribution in [-0.2, 0) is 10.2 Å². The third kappa shape index (κ3) is 1.48. The summed E-state index contributed by atoms with van der Waals surface area (Å²) in [6.45, 7) is 1.14. The van der Waals surface area contributed by atoms with Gasteiger partial charge in [0.1, 0.15) is 5.82 Å². The molecule has 0 radical (unpaired) electrons. The molecule has 1 saturated heterocycles. The predicted octanol–water partition coefficient (Wildman–Crippen LogP) is -0.346. The maximum Gasteiger partial charge on any atom is 0.322 e. The predicted molar refractivity (Wildman–Crippen MR) is 51.8 cm³/mol. The van der Waals surface area contributed by atoms with Crippen molar-refractivity contribution in [3.8, 4) is 0 Å². The van der Waals surface area contributed by atoms with Crippen molar-refractivity contribution in [2.24, 2.45) is 0 Å². The standard InChI is InChI=1S/C7H12N4O2S/c8-7-3-6-11(9-7)14(12,13)10-4-1-2-5-10/h3,6H,1-2,4-5H2,(H2,8,9). The molecule has 7 heteroatoms. The van der Waals surface area contributed by atoms with E-state index in [0.29, 0.717) is 13.1 Å². The number of rotatable bonds is 2. The van der Waals surface area contributed by atoms with Gasteiger partial charge < -0.3 is 5.73 Å². The fraction of sp³-hybridized carbons (Fsp3) is 0.571. The first-order valence-corrected chi connectivity index (χ1v) is 5.82. The summed E-state index contributed by atoms with van der Waals surface area (Å²) in [6.07, 6.45) is 3.19. The zero-order valence-electron chi connectivity index (χ0n) is 7.63. The van der Waals surface area contributed by atoms with Crippen LogP contribution in [0.3, 0.4) is 0 Å². The molecule has 0 bridgehead atoms. The summed E-state index contributed by atoms with van der Waals surface area (Å²) in [6, 6.07) is 1.47. The maximum atomic E-state index is 11.8. The molecule has 2 N–H and O–H groups in total. The van der Waals surface area contributed by atoms with Crippen molar-refractivity contribution >= 4 is 16.0 Å². The third-order valence-electron chi connectivity index (χ3n) is 2.21. The first-order valence-electron chi connectivity index (χ1n) is 4.42. The molecule has 0 aliphatic carbocycles. The highest BCUT2D eigenvalue weighted by atomic mass is 32.2. The number of nitrogens with two attached hydrogens (primary N) is 1. The second-order valence-corrected chi connectivity index (χ2v) is 5.01. The quantitative estimate of drug-likeness (QED) is 0.733. The van der Waals surface area contributed by atoms with E-state index >= 15 is 0 Å². The molecule has 1 fully saturated rings. The lowest BCUT2D eigenvalue weighted by atomic mass is 10.4. The van der Waals surface area contributed by atoms with Gasteiger partial charge in [0, 0.05) is 25.4 Å². The van der Waals surface area contributed by atoms with Crippen molar-refractivity contribution < 1.29 is 8.42 Å². The van der Waals surface area contributed by atoms with E-state index in [4.69, 9.17) is 5.73 Å². The van der Waals surface area contributed by atoms with Crippen molar-refractivity contribution in [3.63, 3.8) is 0 Å². The number of hydrogen-bond donors (Lipinski definition) is 1. The molecular formula is C7H12N4O2S. The fourth-order valence-corrected chi connectivity index (χ4v) is 2.85. The lowest BCUT2D eigenvalue weighted by Gasteiger charge is -2.14. The first-order chi connectivity index (χ1) is 6.60. The maximum absolute atomic E-state index is 11.8. The highest BCUT2D eigenvalue weighted by Crippen LogP contribution is 2.14. The molecule has 1 aromatic rings. The van der Waals surface area contributed by atoms with Gasteiger partial charge in [0.25, 0.3) is 0 Å². The van der Waals surface area contributed by atoms with Crippen LogP contribution < -0.4 is 5.73 Å². The summed E-state index contributed by atoms with van der Waals surface area (Å²) < 4.78 is 26.0. The molecule has 0 saturated carbocycles. The monoisotopic (exact) mass is 216 g/mol. The number of anilines is 1. The van der Waals surface area contributed by atoms with Crippen LogP contribution in [0.5, 0.6) is 0 Å². The highest BCUT2D eigenvalue weighted by molar-refractivity contribution is 7.87. The molecule has 2 heterocycles. The Morgan fingerprint density at radius 1 is 1.36 bits per heavy atom. The smallest absolute Gasteiger partial charge is 0.322 e. The van der Waals surface area contributed by atoms with Crippen LogP contribution in [0.25, 0.3) is 0 Å². The van der Waals surface area contributed by atoms with Gasteiger partial charge in [-0.15, -0.1) is 5.10 Å². The van der Waals surface area contributed by atoms with Gasteiger partial charge in [-0.05, 0) is 12.8 Å². The number of hydrogen-bond acceptors (Lipinski definition) is 4. The SMILES string of the molecule is Nc1ccn(S(=O)(=O)N2CCCC2)n1. The summed E-state index contributed by atoms with van der Waals surface area (Å²) >= 11 is 0. The first kappa shape index (κ1) is 9.47. The third-order valence-corrected chi connectivity index (χ3v) is 3.91. The number of nitrogens with zero attached hydrogens (tertiary/aromatic N) is 3. The van der Waals surface area contributed by atoms with E-state index in [1.807, 2.05) is 0 Å². The molecule has 6 nitrogen and oxygen atoms in total. The Kier molecular flexibility index (Phi) is 2.20. The lowest BCUT2D eigenvalue weighted by molar-refractivity contribution is 0.463. The van der Waals surface area contributed by atoms with Crippen LogP contribution >= 0.6 is 0 Å². The average Bonchev–Trinajstić information content (AvgIpc) is 2.72. The Morgan fingerprint density at radius 2 is 2.00 bits per heavy atom. The second kappa shape index (κ2) is 3.25. The second-order valence-electron chi connectivity index (χ2n) is 3.23. The largest absolute Gasteiger partial charge is 0.382 e. The molecule has 1 aliphatic rings. The van der Waals surface area contributed by atoms with Crippen molar-refractivity contribution in [2.45, 2.75) is 12.8 Å². The van der Waals surface area contributed by atoms with Crippen molar-refractivity contribution in [1.29, 1.82) is 0 Å². The molecule has 0 atom stereocenters. The van der Waals surface area contributed by atoms with E-state index in [1.165, 1.54) is 16.6 Å². The minimum Gasteiger partial charge on any atom is -0.382 e. The molecule has 0 amide bonds. The highest BCUT2D eigenvalue weighted by Gasteiger charge is 2.27. The van der Waals surface area contributed by atoms with Crippen LogP contribution in [0.15, 0.2) is 12.3 Å². The topological polar surface area (TPSA) is 81.2 Å². The summed E-state index contributed by atoms with van der Waals surface area (Å²) in [5.74, 6) is 0.216. The molecule has 1 aromatic heterocycles. The van der Waals surface area contributed by atoms with Gasteiger partial charge in [0.05, 0.1) is 0 Å². The van der Waals surface area contributed by atoms with E-state index < -0.39 is 10.2 Å². The zero-order chi connectivity index (χ0) is 10.2. The average molecular weight is 216 g/mol. The Bertz CT molecular complexity index is 419. The molecule has 2 rings (SSSR count). The molecule has 0 spiro atoms. The summed E-state index contributed by atoms with van der Waals surface area (Å²) in [4.78, 5) is 0. The summed E-state index contributed by atoms with van der Waals surface area (Å²) in [5.41, 5.74) is 5.36. The Balaban J connectivity index is 2.32. The number of nitrogen functional groups attached to an aromatic ring is 1. The normalized spacial score (nSPS) is 18.9. The van der Waals surface area contributed by atoms with Crippen molar-refractivity contribution in [1.82, 2.24) is 13.5 Å². The molecule has 1 aliphatic heterocycles. The zero-order valence-corrected chi connectivity index (χ0v) is 8.44. The van der Waals surface area contributed by atoms with Gasteiger partial charge in [-0.2, -0.15) is 16.8 Å². The number of aromatic nitrogens is 2. The summed E-state index contributed by atoms with van der Waals surface area (Å²) in [5, 5.41) is 3.69. The van der Waals surface area contributed by atoms with Crippen LogP contribution in [0.4, 0.5) is 5.82 Å².